The molecular formula is C19H32ClN3O2. The van der Waals surface area contributed by atoms with Crippen LogP contribution in [-0.2, 0) is 22.6 Å². The number of piperidine rings is 1. The number of carbonyl (C=O) groups is 1. The first-order valence-corrected chi connectivity index (χ1v) is 9.11. The first-order chi connectivity index (χ1) is 11.7. The van der Waals surface area contributed by atoms with Gasteiger partial charge in [0.2, 0.25) is 5.91 Å². The van der Waals surface area contributed by atoms with Crippen molar-refractivity contribution in [2.24, 2.45) is 0 Å². The second-order valence-electron chi connectivity index (χ2n) is 6.27. The molecule has 1 saturated heterocycles. The molecule has 0 spiro atoms. The quantitative estimate of drug-likeness (QED) is 0.701. The van der Waals surface area contributed by atoms with E-state index in [0.717, 1.165) is 45.6 Å². The van der Waals surface area contributed by atoms with Crippen LogP contribution >= 0.6 is 12.4 Å². The van der Waals surface area contributed by atoms with Gasteiger partial charge in [0.15, 0.2) is 0 Å². The van der Waals surface area contributed by atoms with Gasteiger partial charge in [-0.2, -0.15) is 0 Å². The van der Waals surface area contributed by atoms with Gasteiger partial charge >= 0.3 is 0 Å². The van der Waals surface area contributed by atoms with Crippen molar-refractivity contribution in [2.45, 2.75) is 45.9 Å². The molecule has 2 N–H and O–H groups in total. The molecular weight excluding hydrogens is 338 g/mol. The fourth-order valence-corrected chi connectivity index (χ4v) is 2.97. The van der Waals surface area contributed by atoms with Gasteiger partial charge in [0.05, 0.1) is 6.10 Å². The molecule has 1 aromatic rings. The zero-order chi connectivity index (χ0) is 17.2. The zero-order valence-electron chi connectivity index (χ0n) is 15.4. The standard InChI is InChI=1S/C19H31N3O2.ClH/c1-3-22(4-2)14-17-8-6-5-7-16(17)13-21-19(23)15-24-18-9-11-20-12-10-18;/h5-8,18,20H,3-4,9-15H2,1-2H3,(H,21,23);1H. The third kappa shape index (κ3) is 7.74. The van der Waals surface area contributed by atoms with Gasteiger partial charge in [0, 0.05) is 13.1 Å². The lowest BCUT2D eigenvalue weighted by atomic mass is 10.1. The van der Waals surface area contributed by atoms with Crippen molar-refractivity contribution in [1.29, 1.82) is 0 Å². The van der Waals surface area contributed by atoms with Crippen LogP contribution in [0.2, 0.25) is 0 Å². The van der Waals surface area contributed by atoms with Gasteiger partial charge in [0.1, 0.15) is 6.61 Å². The smallest absolute Gasteiger partial charge is 0.246 e. The van der Waals surface area contributed by atoms with Gasteiger partial charge in [-0.05, 0) is 50.1 Å². The van der Waals surface area contributed by atoms with E-state index in [-0.39, 0.29) is 31.0 Å². The van der Waals surface area contributed by atoms with E-state index in [2.05, 4.69) is 47.6 Å². The number of amides is 1. The fourth-order valence-electron chi connectivity index (χ4n) is 2.97. The average Bonchev–Trinajstić information content (AvgIpc) is 2.64. The Hall–Kier alpha value is -1.14. The second kappa shape index (κ2) is 12.3. The topological polar surface area (TPSA) is 53.6 Å². The Balaban J connectivity index is 0.00000312. The van der Waals surface area contributed by atoms with Crippen LogP contribution in [-0.4, -0.2) is 49.7 Å². The van der Waals surface area contributed by atoms with Gasteiger partial charge in [-0.1, -0.05) is 38.1 Å². The monoisotopic (exact) mass is 369 g/mol. The Bertz CT molecular complexity index is 503. The summed E-state index contributed by atoms with van der Waals surface area (Å²) in [6.45, 7) is 10.00. The Kier molecular flexibility index (Phi) is 10.7. The first kappa shape index (κ1) is 21.9. The lowest BCUT2D eigenvalue weighted by molar-refractivity contribution is -0.128. The third-order valence-electron chi connectivity index (χ3n) is 4.62. The molecule has 1 amide bonds. The van der Waals surface area contributed by atoms with E-state index < -0.39 is 0 Å². The summed E-state index contributed by atoms with van der Waals surface area (Å²) in [5, 5.41) is 6.29. The van der Waals surface area contributed by atoms with Gasteiger partial charge < -0.3 is 15.4 Å². The van der Waals surface area contributed by atoms with E-state index in [4.69, 9.17) is 4.74 Å². The van der Waals surface area contributed by atoms with E-state index in [1.807, 2.05) is 6.07 Å². The number of hydrogen-bond acceptors (Lipinski definition) is 4. The molecule has 1 aliphatic heterocycles. The van der Waals surface area contributed by atoms with E-state index in [0.29, 0.717) is 6.54 Å². The highest BCUT2D eigenvalue weighted by molar-refractivity contribution is 5.85. The van der Waals surface area contributed by atoms with Gasteiger partial charge in [-0.25, -0.2) is 0 Å². The molecule has 1 heterocycles. The summed E-state index contributed by atoms with van der Waals surface area (Å²) in [6, 6.07) is 8.32. The maximum absolute atomic E-state index is 12.0. The highest BCUT2D eigenvalue weighted by Gasteiger charge is 2.15. The van der Waals surface area contributed by atoms with Crippen molar-refractivity contribution >= 4 is 18.3 Å². The molecule has 0 saturated carbocycles. The number of nitrogens with zero attached hydrogens (tertiary/aromatic N) is 1. The summed E-state index contributed by atoms with van der Waals surface area (Å²) >= 11 is 0. The van der Waals surface area contributed by atoms with Crippen LogP contribution in [0.1, 0.15) is 37.8 Å². The highest BCUT2D eigenvalue weighted by atomic mass is 35.5. The van der Waals surface area contributed by atoms with Crippen LogP contribution in [0.25, 0.3) is 0 Å². The predicted molar refractivity (Wildman–Crippen MR) is 104 cm³/mol. The Labute approximate surface area is 157 Å². The van der Waals surface area contributed by atoms with Crippen molar-refractivity contribution in [3.05, 3.63) is 35.4 Å². The van der Waals surface area contributed by atoms with Crippen molar-refractivity contribution in [2.75, 3.05) is 32.8 Å². The molecule has 0 bridgehead atoms. The number of hydrogen-bond donors (Lipinski definition) is 2. The van der Waals surface area contributed by atoms with E-state index in [1.165, 1.54) is 11.1 Å². The summed E-state index contributed by atoms with van der Waals surface area (Å²) in [4.78, 5) is 14.4. The molecule has 0 atom stereocenters. The zero-order valence-corrected chi connectivity index (χ0v) is 16.2. The number of halogens is 1. The maximum atomic E-state index is 12.0. The number of benzene rings is 1. The van der Waals surface area contributed by atoms with Crippen LogP contribution in [0.15, 0.2) is 24.3 Å². The second-order valence-corrected chi connectivity index (χ2v) is 6.27. The van der Waals surface area contributed by atoms with Crippen LogP contribution in [0, 0.1) is 0 Å². The Morgan fingerprint density at radius 2 is 1.84 bits per heavy atom. The van der Waals surface area contributed by atoms with Crippen molar-refractivity contribution < 1.29 is 9.53 Å². The maximum Gasteiger partial charge on any atom is 0.246 e. The van der Waals surface area contributed by atoms with Gasteiger partial charge in [0.25, 0.3) is 0 Å². The summed E-state index contributed by atoms with van der Waals surface area (Å²) < 4.78 is 5.70. The average molecular weight is 370 g/mol. The first-order valence-electron chi connectivity index (χ1n) is 9.11. The number of rotatable bonds is 9. The largest absolute Gasteiger partial charge is 0.368 e. The predicted octanol–water partition coefficient (Wildman–Crippen LogP) is 2.34. The SMILES string of the molecule is CCN(CC)Cc1ccccc1CNC(=O)COC1CCNCC1.Cl. The molecule has 1 aliphatic rings. The molecule has 142 valence electrons. The van der Waals surface area contributed by atoms with Crippen LogP contribution in [0.4, 0.5) is 0 Å². The minimum Gasteiger partial charge on any atom is -0.368 e. The Morgan fingerprint density at radius 3 is 2.48 bits per heavy atom. The van der Waals surface area contributed by atoms with E-state index in [9.17, 15) is 4.79 Å². The summed E-state index contributed by atoms with van der Waals surface area (Å²) in [5.41, 5.74) is 2.46. The van der Waals surface area contributed by atoms with Crippen LogP contribution in [0.5, 0.6) is 0 Å². The minimum atomic E-state index is -0.0359. The molecule has 0 aliphatic carbocycles. The molecule has 2 rings (SSSR count). The normalized spacial score (nSPS) is 15.0. The van der Waals surface area contributed by atoms with Gasteiger partial charge in [-0.3, -0.25) is 9.69 Å². The van der Waals surface area contributed by atoms with E-state index >= 15 is 0 Å². The summed E-state index contributed by atoms with van der Waals surface area (Å²) in [7, 11) is 0. The highest BCUT2D eigenvalue weighted by Crippen LogP contribution is 2.12. The van der Waals surface area contributed by atoms with Crippen molar-refractivity contribution in [3.63, 3.8) is 0 Å². The summed E-state index contributed by atoms with van der Waals surface area (Å²) in [5.74, 6) is -0.0359. The number of nitrogens with one attached hydrogen (secondary N) is 2. The molecule has 25 heavy (non-hydrogen) atoms. The molecule has 0 radical (unpaired) electrons. The number of ether oxygens (including phenoxy) is 1. The molecule has 1 fully saturated rings. The lowest BCUT2D eigenvalue weighted by Gasteiger charge is -2.23. The molecule has 0 unspecified atom stereocenters. The van der Waals surface area contributed by atoms with Crippen LogP contribution < -0.4 is 10.6 Å². The minimum absolute atomic E-state index is 0. The molecule has 1 aromatic carbocycles. The molecule has 0 aromatic heterocycles. The van der Waals surface area contributed by atoms with Gasteiger partial charge in [-0.15, -0.1) is 12.4 Å². The van der Waals surface area contributed by atoms with Crippen LogP contribution in [0.3, 0.4) is 0 Å². The molecule has 5 nitrogen and oxygen atoms in total. The van der Waals surface area contributed by atoms with Crippen molar-refractivity contribution in [3.8, 4) is 0 Å². The fraction of sp³-hybridized carbons (Fsp3) is 0.632. The number of carbonyl (C=O) groups excluding carboxylic acids is 1. The Morgan fingerprint density at radius 1 is 1.20 bits per heavy atom. The van der Waals surface area contributed by atoms with Crippen molar-refractivity contribution in [1.82, 2.24) is 15.5 Å². The summed E-state index contributed by atoms with van der Waals surface area (Å²) in [6.07, 6.45) is 2.19. The third-order valence-corrected chi connectivity index (χ3v) is 4.62. The van der Waals surface area contributed by atoms with E-state index in [1.54, 1.807) is 0 Å². The lowest BCUT2D eigenvalue weighted by Crippen LogP contribution is -2.35. The molecule has 6 heteroatoms.